The Morgan fingerprint density at radius 2 is 1.88 bits per heavy atom. The molecular formula is C21H30N4O. The number of amides is 1. The van der Waals surface area contributed by atoms with Gasteiger partial charge in [0.2, 0.25) is 5.91 Å². The van der Waals surface area contributed by atoms with E-state index >= 15 is 0 Å². The van der Waals surface area contributed by atoms with E-state index in [-0.39, 0.29) is 0 Å². The fourth-order valence-electron chi connectivity index (χ4n) is 5.53. The topological polar surface area (TPSA) is 48.5 Å². The Morgan fingerprint density at radius 1 is 1.12 bits per heavy atom. The number of anilines is 1. The predicted octanol–water partition coefficient (Wildman–Crippen LogP) is 2.49. The van der Waals surface area contributed by atoms with Crippen molar-refractivity contribution in [1.82, 2.24) is 15.2 Å². The molecule has 0 radical (unpaired) electrons. The quantitative estimate of drug-likeness (QED) is 0.906. The van der Waals surface area contributed by atoms with Crippen molar-refractivity contribution in [3.63, 3.8) is 0 Å². The minimum atomic E-state index is 0.353. The highest BCUT2D eigenvalue weighted by Gasteiger charge is 2.37. The Balaban J connectivity index is 1.28. The lowest BCUT2D eigenvalue weighted by atomic mass is 9.99. The fraction of sp³-hybridized carbons (Fsp3) is 0.714. The van der Waals surface area contributed by atoms with E-state index in [0.717, 1.165) is 44.8 Å². The van der Waals surface area contributed by atoms with E-state index in [4.69, 9.17) is 4.98 Å². The zero-order valence-electron chi connectivity index (χ0n) is 15.6. The molecule has 2 unspecified atom stereocenters. The number of nitrogens with zero attached hydrogens (tertiary/aromatic N) is 3. The van der Waals surface area contributed by atoms with Crippen molar-refractivity contribution in [2.45, 2.75) is 70.0 Å². The summed E-state index contributed by atoms with van der Waals surface area (Å²) in [6.45, 7) is 3.79. The number of pyridine rings is 1. The maximum absolute atomic E-state index is 12.7. The van der Waals surface area contributed by atoms with Crippen molar-refractivity contribution < 1.29 is 4.79 Å². The van der Waals surface area contributed by atoms with Crippen LogP contribution in [0.2, 0.25) is 0 Å². The second kappa shape index (κ2) is 6.84. The second-order valence-electron chi connectivity index (χ2n) is 8.68. The van der Waals surface area contributed by atoms with Crippen LogP contribution in [-0.4, -0.2) is 47.5 Å². The number of aromatic nitrogens is 1. The average molecular weight is 354 g/mol. The molecule has 0 spiro atoms. The largest absolute Gasteiger partial charge is 0.348 e. The number of piperazine rings is 1. The van der Waals surface area contributed by atoms with E-state index < -0.39 is 0 Å². The van der Waals surface area contributed by atoms with Gasteiger partial charge in [-0.2, -0.15) is 0 Å². The first kappa shape index (κ1) is 16.5. The number of fused-ring (bicyclic) bond motifs is 3. The zero-order chi connectivity index (χ0) is 17.5. The molecule has 3 fully saturated rings. The van der Waals surface area contributed by atoms with Crippen LogP contribution in [0.15, 0.2) is 12.3 Å². The van der Waals surface area contributed by atoms with Crippen LogP contribution in [0.3, 0.4) is 0 Å². The van der Waals surface area contributed by atoms with E-state index in [1.807, 2.05) is 6.20 Å². The van der Waals surface area contributed by atoms with Gasteiger partial charge in [0.25, 0.3) is 0 Å². The first-order valence-corrected chi connectivity index (χ1v) is 10.5. The van der Waals surface area contributed by atoms with Crippen LogP contribution in [-0.2, 0) is 17.8 Å². The molecule has 2 bridgehead atoms. The summed E-state index contributed by atoms with van der Waals surface area (Å²) in [5, 5.41) is 3.54. The Labute approximate surface area is 156 Å². The van der Waals surface area contributed by atoms with Gasteiger partial charge in [-0.15, -0.1) is 0 Å². The molecule has 0 aromatic carbocycles. The number of hydrogen-bond acceptors (Lipinski definition) is 4. The monoisotopic (exact) mass is 354 g/mol. The maximum Gasteiger partial charge on any atom is 0.223 e. The lowest BCUT2D eigenvalue weighted by Gasteiger charge is -2.37. The van der Waals surface area contributed by atoms with Crippen LogP contribution in [0.4, 0.5) is 5.82 Å². The first-order chi connectivity index (χ1) is 12.8. The molecule has 2 saturated heterocycles. The van der Waals surface area contributed by atoms with E-state index in [0.29, 0.717) is 23.9 Å². The normalized spacial score (nSPS) is 28.5. The smallest absolute Gasteiger partial charge is 0.223 e. The summed E-state index contributed by atoms with van der Waals surface area (Å²) >= 11 is 0. The number of hydrogen-bond donors (Lipinski definition) is 1. The third-order valence-corrected chi connectivity index (χ3v) is 7.02. The summed E-state index contributed by atoms with van der Waals surface area (Å²) in [6.07, 6.45) is 11.4. The Morgan fingerprint density at radius 3 is 2.65 bits per heavy atom. The molecule has 4 aliphatic rings. The third kappa shape index (κ3) is 3.00. The highest BCUT2D eigenvalue weighted by atomic mass is 16.2. The first-order valence-electron chi connectivity index (χ1n) is 10.5. The van der Waals surface area contributed by atoms with Crippen LogP contribution in [0, 0.1) is 5.92 Å². The number of carbonyl (C=O) groups excluding carboxylic acids is 1. The molecule has 1 aliphatic carbocycles. The fourth-order valence-corrected chi connectivity index (χ4v) is 5.53. The van der Waals surface area contributed by atoms with Gasteiger partial charge in [-0.1, -0.05) is 12.8 Å². The lowest BCUT2D eigenvalue weighted by molar-refractivity contribution is -0.133. The van der Waals surface area contributed by atoms with E-state index in [1.54, 1.807) is 0 Å². The third-order valence-electron chi connectivity index (χ3n) is 7.02. The molecule has 140 valence electrons. The molecule has 1 amide bonds. The SMILES string of the molecule is O=C(CC1CCCC1)N1CCc2cc(N3C4CCC3CNC4)ncc2C1. The molecule has 26 heavy (non-hydrogen) atoms. The summed E-state index contributed by atoms with van der Waals surface area (Å²) in [7, 11) is 0. The predicted molar refractivity (Wildman–Crippen MR) is 102 cm³/mol. The molecule has 1 aromatic heterocycles. The molecule has 5 heteroatoms. The van der Waals surface area contributed by atoms with Crippen LogP contribution >= 0.6 is 0 Å². The van der Waals surface area contributed by atoms with E-state index in [2.05, 4.69) is 21.2 Å². The van der Waals surface area contributed by atoms with Crippen LogP contribution in [0.1, 0.15) is 56.1 Å². The number of rotatable bonds is 3. The summed E-state index contributed by atoms with van der Waals surface area (Å²) in [6, 6.07) is 3.52. The summed E-state index contributed by atoms with van der Waals surface area (Å²) in [5.41, 5.74) is 2.65. The van der Waals surface area contributed by atoms with E-state index in [9.17, 15) is 4.79 Å². The molecule has 1 saturated carbocycles. The van der Waals surface area contributed by atoms with Crippen molar-refractivity contribution >= 4 is 11.7 Å². The molecule has 2 atom stereocenters. The van der Waals surface area contributed by atoms with Crippen molar-refractivity contribution in [3.8, 4) is 0 Å². The Kier molecular flexibility index (Phi) is 4.35. The minimum absolute atomic E-state index is 0.353. The van der Waals surface area contributed by atoms with Gasteiger partial charge >= 0.3 is 0 Å². The molecular weight excluding hydrogens is 324 g/mol. The highest BCUT2D eigenvalue weighted by Crippen LogP contribution is 2.33. The standard InChI is InChI=1S/C21H30N4O/c26-21(9-15-3-1-2-4-15)24-8-7-16-10-20(23-11-17(16)14-24)25-18-5-6-19(25)13-22-12-18/h10-11,15,18-19,22H,1-9,12-14H2. The van der Waals surface area contributed by atoms with Crippen LogP contribution < -0.4 is 10.2 Å². The van der Waals surface area contributed by atoms with Gasteiger partial charge in [0.1, 0.15) is 5.82 Å². The van der Waals surface area contributed by atoms with Crippen LogP contribution in [0.5, 0.6) is 0 Å². The Bertz CT molecular complexity index is 669. The van der Waals surface area contributed by atoms with Crippen molar-refractivity contribution in [3.05, 3.63) is 23.4 Å². The molecule has 4 heterocycles. The molecule has 5 rings (SSSR count). The van der Waals surface area contributed by atoms with Gasteiger partial charge in [-0.05, 0) is 55.2 Å². The lowest BCUT2D eigenvalue weighted by Crippen LogP contribution is -2.52. The van der Waals surface area contributed by atoms with Gasteiger partial charge in [-0.25, -0.2) is 4.98 Å². The van der Waals surface area contributed by atoms with Gasteiger partial charge < -0.3 is 15.1 Å². The molecule has 1 aromatic rings. The van der Waals surface area contributed by atoms with Gasteiger partial charge in [-0.3, -0.25) is 4.79 Å². The molecule has 3 aliphatic heterocycles. The minimum Gasteiger partial charge on any atom is -0.348 e. The summed E-state index contributed by atoms with van der Waals surface area (Å²) < 4.78 is 0. The van der Waals surface area contributed by atoms with Crippen molar-refractivity contribution in [1.29, 1.82) is 0 Å². The zero-order valence-corrected chi connectivity index (χ0v) is 15.6. The number of carbonyl (C=O) groups is 1. The van der Waals surface area contributed by atoms with Crippen molar-refractivity contribution in [2.75, 3.05) is 24.5 Å². The molecule has 1 N–H and O–H groups in total. The Hall–Kier alpha value is -1.62. The van der Waals surface area contributed by atoms with Gasteiger partial charge in [0, 0.05) is 50.9 Å². The highest BCUT2D eigenvalue weighted by molar-refractivity contribution is 5.77. The van der Waals surface area contributed by atoms with Crippen molar-refractivity contribution in [2.24, 2.45) is 5.92 Å². The summed E-state index contributed by atoms with van der Waals surface area (Å²) in [5.74, 6) is 2.14. The molecule has 5 nitrogen and oxygen atoms in total. The number of nitrogens with one attached hydrogen (secondary N) is 1. The summed E-state index contributed by atoms with van der Waals surface area (Å²) in [4.78, 5) is 22.1. The van der Waals surface area contributed by atoms with Gasteiger partial charge in [0.15, 0.2) is 0 Å². The average Bonchev–Trinajstić information content (AvgIpc) is 3.26. The van der Waals surface area contributed by atoms with E-state index in [1.165, 1.54) is 49.7 Å². The maximum atomic E-state index is 12.7. The van der Waals surface area contributed by atoms with Gasteiger partial charge in [0.05, 0.1) is 0 Å². The van der Waals surface area contributed by atoms with Crippen LogP contribution in [0.25, 0.3) is 0 Å². The second-order valence-corrected chi connectivity index (χ2v) is 8.68.